The highest BCUT2D eigenvalue weighted by Gasteiger charge is 2.18. The third-order valence-corrected chi connectivity index (χ3v) is 4.28. The van der Waals surface area contributed by atoms with E-state index in [0.29, 0.717) is 6.42 Å². The van der Waals surface area contributed by atoms with Crippen LogP contribution in [0.5, 0.6) is 0 Å². The zero-order valence-corrected chi connectivity index (χ0v) is 12.3. The average molecular weight is 262 g/mol. The second-order valence-corrected chi connectivity index (χ2v) is 5.66. The van der Waals surface area contributed by atoms with Gasteiger partial charge in [0, 0.05) is 13.0 Å². The second-order valence-electron chi connectivity index (χ2n) is 5.66. The van der Waals surface area contributed by atoms with E-state index in [1.54, 1.807) is 0 Å². The molecule has 19 heavy (non-hydrogen) atoms. The summed E-state index contributed by atoms with van der Waals surface area (Å²) in [5.74, 6) is 1.06. The lowest BCUT2D eigenvalue weighted by atomic mass is 9.85. The highest BCUT2D eigenvalue weighted by Crippen LogP contribution is 2.27. The van der Waals surface area contributed by atoms with Gasteiger partial charge in [-0.1, -0.05) is 39.0 Å². The fourth-order valence-corrected chi connectivity index (χ4v) is 3.05. The van der Waals surface area contributed by atoms with Crippen molar-refractivity contribution in [3.05, 3.63) is 17.5 Å². The van der Waals surface area contributed by atoms with Crippen LogP contribution in [0.15, 0.2) is 6.07 Å². The summed E-state index contributed by atoms with van der Waals surface area (Å²) in [6.07, 6.45) is 9.38. The Morgan fingerprint density at radius 1 is 1.32 bits per heavy atom. The summed E-state index contributed by atoms with van der Waals surface area (Å²) in [4.78, 5) is 12.3. The minimum Gasteiger partial charge on any atom is -0.292 e. The first-order valence-electron chi connectivity index (χ1n) is 7.84. The zero-order valence-electron chi connectivity index (χ0n) is 12.3. The molecule has 0 unspecified atom stereocenters. The van der Waals surface area contributed by atoms with Crippen molar-refractivity contribution in [3.8, 4) is 0 Å². The van der Waals surface area contributed by atoms with Gasteiger partial charge in [0.15, 0.2) is 5.78 Å². The molecule has 3 nitrogen and oxygen atoms in total. The molecule has 0 spiro atoms. The normalized spacial score (nSPS) is 16.7. The molecular weight excluding hydrogens is 236 g/mol. The van der Waals surface area contributed by atoms with Gasteiger partial charge in [0.1, 0.15) is 5.69 Å². The molecule has 1 aliphatic rings. The van der Waals surface area contributed by atoms with Crippen molar-refractivity contribution in [1.82, 2.24) is 9.78 Å². The van der Waals surface area contributed by atoms with E-state index in [0.717, 1.165) is 36.7 Å². The van der Waals surface area contributed by atoms with E-state index in [9.17, 15) is 4.79 Å². The third-order valence-electron chi connectivity index (χ3n) is 4.28. The molecular formula is C16H26N2O. The van der Waals surface area contributed by atoms with E-state index in [4.69, 9.17) is 0 Å². The quantitative estimate of drug-likeness (QED) is 0.726. The largest absolute Gasteiger partial charge is 0.292 e. The number of Topliss-reactive ketones (excluding diaryl/α,β-unsaturated/α-hetero) is 1. The Morgan fingerprint density at radius 3 is 2.68 bits per heavy atom. The first kappa shape index (κ1) is 14.3. The Kier molecular flexibility index (Phi) is 5.17. The molecule has 1 heterocycles. The van der Waals surface area contributed by atoms with Crippen molar-refractivity contribution < 1.29 is 4.79 Å². The van der Waals surface area contributed by atoms with Crippen LogP contribution in [-0.2, 0) is 13.0 Å². The molecule has 0 bridgehead atoms. The fourth-order valence-electron chi connectivity index (χ4n) is 3.05. The summed E-state index contributed by atoms with van der Waals surface area (Å²) in [7, 11) is 0. The van der Waals surface area contributed by atoms with Crippen LogP contribution in [0.25, 0.3) is 0 Å². The van der Waals surface area contributed by atoms with Crippen LogP contribution in [0.2, 0.25) is 0 Å². The Morgan fingerprint density at radius 2 is 2.05 bits per heavy atom. The molecule has 0 radical (unpaired) electrons. The van der Waals surface area contributed by atoms with E-state index < -0.39 is 0 Å². The van der Waals surface area contributed by atoms with Crippen LogP contribution < -0.4 is 0 Å². The fraction of sp³-hybridized carbons (Fsp3) is 0.750. The first-order chi connectivity index (χ1) is 9.24. The Hall–Kier alpha value is -1.12. The maximum atomic E-state index is 12.3. The van der Waals surface area contributed by atoms with Gasteiger partial charge in [0.05, 0.1) is 5.69 Å². The molecule has 0 saturated heterocycles. The smallest absolute Gasteiger partial charge is 0.180 e. The highest BCUT2D eigenvalue weighted by molar-refractivity contribution is 5.94. The Labute approximate surface area is 116 Å². The standard InChI is InChI=1S/C16H26N2O/c1-3-14-12-15(18(4-2)17-14)16(19)11-10-13-8-6-5-7-9-13/h12-13H,3-11H2,1-2H3. The average Bonchev–Trinajstić information content (AvgIpc) is 2.89. The number of nitrogens with zero attached hydrogens (tertiary/aromatic N) is 2. The number of aromatic nitrogens is 2. The first-order valence-corrected chi connectivity index (χ1v) is 7.84. The van der Waals surface area contributed by atoms with Gasteiger partial charge in [0.25, 0.3) is 0 Å². The van der Waals surface area contributed by atoms with E-state index >= 15 is 0 Å². The second kappa shape index (κ2) is 6.88. The Bertz CT molecular complexity index is 416. The molecule has 1 aromatic heterocycles. The van der Waals surface area contributed by atoms with Crippen LogP contribution in [0.1, 0.15) is 75.0 Å². The summed E-state index contributed by atoms with van der Waals surface area (Å²) in [6.45, 7) is 4.91. The van der Waals surface area contributed by atoms with Crippen molar-refractivity contribution in [2.45, 2.75) is 71.8 Å². The van der Waals surface area contributed by atoms with Crippen molar-refractivity contribution in [2.24, 2.45) is 5.92 Å². The van der Waals surface area contributed by atoms with Crippen molar-refractivity contribution >= 4 is 5.78 Å². The molecule has 1 fully saturated rings. The minimum absolute atomic E-state index is 0.277. The maximum absolute atomic E-state index is 12.3. The van der Waals surface area contributed by atoms with Gasteiger partial charge in [-0.2, -0.15) is 5.10 Å². The topological polar surface area (TPSA) is 34.9 Å². The van der Waals surface area contributed by atoms with Gasteiger partial charge in [-0.25, -0.2) is 0 Å². The molecule has 1 aliphatic carbocycles. The van der Waals surface area contributed by atoms with Crippen LogP contribution in [0.3, 0.4) is 0 Å². The minimum atomic E-state index is 0.277. The summed E-state index contributed by atoms with van der Waals surface area (Å²) in [6, 6.07) is 1.98. The molecule has 1 saturated carbocycles. The third kappa shape index (κ3) is 3.68. The van der Waals surface area contributed by atoms with Gasteiger partial charge >= 0.3 is 0 Å². The molecule has 0 amide bonds. The van der Waals surface area contributed by atoms with Crippen molar-refractivity contribution in [2.75, 3.05) is 0 Å². The predicted octanol–water partition coefficient (Wildman–Crippen LogP) is 4.01. The molecule has 0 aromatic carbocycles. The van der Waals surface area contributed by atoms with Crippen molar-refractivity contribution in [1.29, 1.82) is 0 Å². The maximum Gasteiger partial charge on any atom is 0.180 e. The lowest BCUT2D eigenvalue weighted by Crippen LogP contribution is -2.12. The SMILES string of the molecule is CCc1cc(C(=O)CCC2CCCCC2)n(CC)n1. The molecule has 2 rings (SSSR count). The van der Waals surface area contributed by atoms with Crippen LogP contribution in [0.4, 0.5) is 0 Å². The summed E-state index contributed by atoms with van der Waals surface area (Å²) in [5, 5.41) is 4.46. The van der Waals surface area contributed by atoms with E-state index in [2.05, 4.69) is 12.0 Å². The number of hydrogen-bond acceptors (Lipinski definition) is 2. The summed E-state index contributed by atoms with van der Waals surface area (Å²) in [5.41, 5.74) is 1.85. The number of aryl methyl sites for hydroxylation is 2. The van der Waals surface area contributed by atoms with Crippen LogP contribution in [0, 0.1) is 5.92 Å². The summed E-state index contributed by atoms with van der Waals surface area (Å²) < 4.78 is 1.86. The van der Waals surface area contributed by atoms with E-state index in [-0.39, 0.29) is 5.78 Å². The monoisotopic (exact) mass is 262 g/mol. The predicted molar refractivity (Wildman–Crippen MR) is 77.4 cm³/mol. The lowest BCUT2D eigenvalue weighted by molar-refractivity contribution is 0.0960. The highest BCUT2D eigenvalue weighted by atomic mass is 16.1. The lowest BCUT2D eigenvalue weighted by Gasteiger charge is -2.20. The van der Waals surface area contributed by atoms with Gasteiger partial charge in [-0.05, 0) is 31.7 Å². The molecule has 3 heteroatoms. The Balaban J connectivity index is 1.93. The van der Waals surface area contributed by atoms with Gasteiger partial charge in [0.2, 0.25) is 0 Å². The molecule has 0 N–H and O–H groups in total. The van der Waals surface area contributed by atoms with Gasteiger partial charge in [-0.3, -0.25) is 9.48 Å². The van der Waals surface area contributed by atoms with Gasteiger partial charge < -0.3 is 0 Å². The molecule has 1 aromatic rings. The number of carbonyl (C=O) groups is 1. The van der Waals surface area contributed by atoms with Crippen LogP contribution in [-0.4, -0.2) is 15.6 Å². The van der Waals surface area contributed by atoms with Crippen LogP contribution >= 0.6 is 0 Å². The van der Waals surface area contributed by atoms with Gasteiger partial charge in [-0.15, -0.1) is 0 Å². The van der Waals surface area contributed by atoms with E-state index in [1.165, 1.54) is 32.1 Å². The summed E-state index contributed by atoms with van der Waals surface area (Å²) >= 11 is 0. The molecule has 0 atom stereocenters. The van der Waals surface area contributed by atoms with E-state index in [1.807, 2.05) is 17.7 Å². The zero-order chi connectivity index (χ0) is 13.7. The number of carbonyl (C=O) groups excluding carboxylic acids is 1. The number of ketones is 1. The number of hydrogen-bond donors (Lipinski definition) is 0. The molecule has 106 valence electrons. The van der Waals surface area contributed by atoms with Crippen molar-refractivity contribution in [3.63, 3.8) is 0 Å². The number of rotatable bonds is 6. The molecule has 0 aliphatic heterocycles.